The summed E-state index contributed by atoms with van der Waals surface area (Å²) in [5.41, 5.74) is 42.6. The molecule has 141 heavy (non-hydrogen) atoms. The van der Waals surface area contributed by atoms with E-state index in [1.165, 1.54) is 187 Å². The van der Waals surface area contributed by atoms with Crippen LogP contribution in [0.1, 0.15) is 128 Å². The van der Waals surface area contributed by atoms with E-state index in [2.05, 4.69) is 514 Å². The molecule has 24 rings (SSSR count). The maximum atomic E-state index is 5.86. The quantitative estimate of drug-likeness (QED) is 0.0513. The third-order valence-electron chi connectivity index (χ3n) is 30.2. The van der Waals surface area contributed by atoms with E-state index in [0.29, 0.717) is 30.3 Å². The monoisotopic (exact) mass is 1820 g/mol. The first kappa shape index (κ1) is 88.6. The van der Waals surface area contributed by atoms with Crippen molar-refractivity contribution in [3.05, 3.63) is 512 Å². The van der Waals surface area contributed by atoms with Gasteiger partial charge in [-0.2, -0.15) is 0 Å². The standard InChI is InChI=1S/C70H60N2O.C66H54N2/c1-4-49(58-22-20-55-21-23-59(55)45-58)44-48(3)50-16-18-56(19-17-50)60-30-42-69-67(46-60)68-47-61(31-43-70(68)72(69)65-38-40-66(41-39-65)73-5-2)57-28-36-64(37-29-57)71(62-32-24-53(25-33-62)51-12-8-6-9-13-51)63-34-26-54(27-35-63)52-14-10-7-11-15-52;1-3-46(55-24-22-51-23-25-56(51)41-55)40-45(2)47-18-20-52(21-19-47)57-31-38-65-63(43-57)64-44-58(32-39-66(64)68(65)59-16-8-5-9-17-59)53-28-35-61(36-29-53)67(62-37-30-49-14-10-11-15-54(49)42-62)60-33-26-50(27-34-60)48-12-6-4-7-13-48/h6-20,22,24-43,45-49H,4-5,21,23,44H2,1-3H3;4-22,24,26-39,41-46H,3,23,25,40H2,1-2H3. The molecule has 2 heterocycles. The zero-order valence-corrected chi connectivity index (χ0v) is 80.8. The van der Waals surface area contributed by atoms with Crippen LogP contribution >= 0.6 is 0 Å². The molecule has 4 atom stereocenters. The highest BCUT2D eigenvalue weighted by Gasteiger charge is 2.26. The van der Waals surface area contributed by atoms with Crippen LogP contribution in [0.3, 0.4) is 0 Å². The summed E-state index contributed by atoms with van der Waals surface area (Å²) in [7, 11) is 0. The van der Waals surface area contributed by atoms with Gasteiger partial charge in [0.1, 0.15) is 5.75 Å². The van der Waals surface area contributed by atoms with Gasteiger partial charge >= 0.3 is 0 Å². The molecule has 0 N–H and O–H groups in total. The van der Waals surface area contributed by atoms with Gasteiger partial charge in [-0.15, -0.1) is 0 Å². The summed E-state index contributed by atoms with van der Waals surface area (Å²) < 4.78 is 10.7. The minimum Gasteiger partial charge on any atom is -0.494 e. The minimum absolute atomic E-state index is 0.466. The van der Waals surface area contributed by atoms with Crippen LogP contribution < -0.4 is 14.5 Å². The molecule has 0 aliphatic heterocycles. The van der Waals surface area contributed by atoms with Crippen LogP contribution in [-0.2, 0) is 25.7 Å². The Bertz CT molecular complexity index is 8130. The van der Waals surface area contributed by atoms with Crippen LogP contribution in [0.2, 0.25) is 0 Å². The lowest BCUT2D eigenvalue weighted by Gasteiger charge is -2.26. The Labute approximate surface area is 829 Å². The molecule has 2 aromatic heterocycles. The van der Waals surface area contributed by atoms with E-state index in [9.17, 15) is 0 Å². The molecule has 20 aromatic carbocycles. The average molecular weight is 1820 g/mol. The van der Waals surface area contributed by atoms with E-state index >= 15 is 0 Å². The van der Waals surface area contributed by atoms with Gasteiger partial charge in [0.15, 0.2) is 0 Å². The van der Waals surface area contributed by atoms with E-state index in [0.717, 1.165) is 70.5 Å². The third-order valence-corrected chi connectivity index (χ3v) is 30.2. The van der Waals surface area contributed by atoms with Crippen LogP contribution in [0.4, 0.5) is 34.1 Å². The number of hydrogen-bond donors (Lipinski definition) is 0. The van der Waals surface area contributed by atoms with E-state index in [1.54, 1.807) is 22.3 Å². The Kier molecular flexibility index (Phi) is 24.7. The fourth-order valence-corrected chi connectivity index (χ4v) is 22.0. The molecule has 0 saturated carbocycles. The molecule has 22 aromatic rings. The summed E-state index contributed by atoms with van der Waals surface area (Å²) in [6.07, 6.45) is 9.60. The van der Waals surface area contributed by atoms with Crippen molar-refractivity contribution >= 4 is 88.5 Å². The van der Waals surface area contributed by atoms with Crippen molar-refractivity contribution in [2.45, 2.75) is 110 Å². The molecule has 0 spiro atoms. The van der Waals surface area contributed by atoms with Crippen molar-refractivity contribution in [1.82, 2.24) is 9.13 Å². The summed E-state index contributed by atoms with van der Waals surface area (Å²) in [5, 5.41) is 7.40. The first-order chi connectivity index (χ1) is 69.5. The number of fused-ring (bicyclic) bond motifs is 9. The van der Waals surface area contributed by atoms with Gasteiger partial charge in [0.2, 0.25) is 0 Å². The zero-order valence-electron chi connectivity index (χ0n) is 80.8. The summed E-state index contributed by atoms with van der Waals surface area (Å²) in [6.45, 7) is 12.2. The van der Waals surface area contributed by atoms with Crippen LogP contribution in [0.5, 0.6) is 5.75 Å². The third kappa shape index (κ3) is 18.0. The summed E-state index contributed by atoms with van der Waals surface area (Å²) in [4.78, 5) is 4.72. The highest BCUT2D eigenvalue weighted by molar-refractivity contribution is 6.13. The van der Waals surface area contributed by atoms with Gasteiger partial charge in [-0.1, -0.05) is 337 Å². The average Bonchev–Trinajstić information content (AvgIpc) is 1.59. The topological polar surface area (TPSA) is 25.6 Å². The van der Waals surface area contributed by atoms with Crippen molar-refractivity contribution in [3.8, 4) is 95.0 Å². The second-order valence-electron chi connectivity index (χ2n) is 38.7. The normalized spacial score (nSPS) is 12.9. The van der Waals surface area contributed by atoms with Gasteiger partial charge in [-0.05, 0) is 373 Å². The molecule has 5 nitrogen and oxygen atoms in total. The predicted molar refractivity (Wildman–Crippen MR) is 597 cm³/mol. The number of aromatic nitrogens is 2. The molecule has 0 saturated heterocycles. The maximum absolute atomic E-state index is 5.86. The predicted octanol–water partition coefficient (Wildman–Crippen LogP) is 37.3. The van der Waals surface area contributed by atoms with Crippen molar-refractivity contribution in [2.75, 3.05) is 16.4 Å². The van der Waals surface area contributed by atoms with Crippen LogP contribution in [0.25, 0.3) is 144 Å². The zero-order chi connectivity index (χ0) is 94.8. The first-order valence-electron chi connectivity index (χ1n) is 50.7. The number of benzene rings is 20. The highest BCUT2D eigenvalue weighted by atomic mass is 16.5. The Hall–Kier alpha value is -16.3. The summed E-state index contributed by atoms with van der Waals surface area (Å²) >= 11 is 0. The van der Waals surface area contributed by atoms with Gasteiger partial charge in [-0.3, -0.25) is 0 Å². The van der Waals surface area contributed by atoms with Gasteiger partial charge < -0.3 is 23.7 Å². The maximum Gasteiger partial charge on any atom is 0.119 e. The SMILES string of the molecule is CCC(CC(C)c1ccc(-c2ccc3c(c2)c2cc(-c4ccc(N(c5ccc(-c6ccccc6)cc5)c5ccc6ccccc6c5)cc4)ccc2n3-c2ccccc2)cc1)c1ccc2c(c1)CC2.CCOc1ccc(-n2c3ccc(-c4ccc(C(C)CC(CC)c5ccc6c(c5)CC6)cc4)cc3c3cc(-c4ccc(N(c5ccc(-c6ccccc6)cc5)c5ccc(-c6ccccc6)cc5)cc4)ccc32)cc1. The molecule has 0 bridgehead atoms. The van der Waals surface area contributed by atoms with Crippen LogP contribution in [0.15, 0.2) is 467 Å². The lowest BCUT2D eigenvalue weighted by atomic mass is 9.80. The van der Waals surface area contributed by atoms with Crippen molar-refractivity contribution < 1.29 is 4.74 Å². The lowest BCUT2D eigenvalue weighted by molar-refractivity contribution is 0.340. The molecule has 0 radical (unpaired) electrons. The van der Waals surface area contributed by atoms with Gasteiger partial charge in [0, 0.05) is 67.0 Å². The van der Waals surface area contributed by atoms with E-state index < -0.39 is 0 Å². The molecular weight excluding hydrogens is 1710 g/mol. The first-order valence-corrected chi connectivity index (χ1v) is 50.7. The Balaban J connectivity index is 0.000000157. The molecule has 2 aliphatic carbocycles. The van der Waals surface area contributed by atoms with Crippen LogP contribution in [0, 0.1) is 0 Å². The fraction of sp³-hybridized carbons (Fsp3) is 0.132. The van der Waals surface area contributed by atoms with Crippen molar-refractivity contribution in [2.24, 2.45) is 0 Å². The van der Waals surface area contributed by atoms with Crippen molar-refractivity contribution in [3.63, 3.8) is 0 Å². The fourth-order valence-electron chi connectivity index (χ4n) is 22.0. The lowest BCUT2D eigenvalue weighted by Crippen LogP contribution is -2.10. The number of nitrogens with zero attached hydrogens (tertiary/aromatic N) is 4. The van der Waals surface area contributed by atoms with E-state index in [4.69, 9.17) is 4.74 Å². The number of rotatable bonds is 27. The minimum atomic E-state index is 0.466. The van der Waals surface area contributed by atoms with Gasteiger partial charge in [0.25, 0.3) is 0 Å². The van der Waals surface area contributed by atoms with E-state index in [1.807, 2.05) is 6.92 Å². The van der Waals surface area contributed by atoms with Gasteiger partial charge in [0.05, 0.1) is 28.7 Å². The Morgan fingerprint density at radius 2 is 0.504 bits per heavy atom. The second-order valence-corrected chi connectivity index (χ2v) is 38.7. The van der Waals surface area contributed by atoms with Gasteiger partial charge in [-0.25, -0.2) is 0 Å². The molecule has 0 fully saturated rings. The van der Waals surface area contributed by atoms with E-state index in [-0.39, 0.29) is 0 Å². The number of ether oxygens (including phenoxy) is 1. The highest BCUT2D eigenvalue weighted by Crippen LogP contribution is 2.47. The van der Waals surface area contributed by atoms with Crippen molar-refractivity contribution in [1.29, 1.82) is 0 Å². The Morgan fingerprint density at radius 1 is 0.227 bits per heavy atom. The molecule has 2 aliphatic rings. The smallest absolute Gasteiger partial charge is 0.119 e. The largest absolute Gasteiger partial charge is 0.494 e. The number of anilines is 6. The number of aryl methyl sites for hydroxylation is 4. The molecule has 4 unspecified atom stereocenters. The Morgan fingerprint density at radius 3 is 0.830 bits per heavy atom. The number of para-hydroxylation sites is 1. The molecule has 684 valence electrons. The van der Waals surface area contributed by atoms with Crippen LogP contribution in [-0.4, -0.2) is 15.7 Å². The number of hydrogen-bond acceptors (Lipinski definition) is 3. The molecular formula is C136H114N4O. The summed E-state index contributed by atoms with van der Waals surface area (Å²) in [5.74, 6) is 2.97. The molecule has 5 heteroatoms. The summed E-state index contributed by atoms with van der Waals surface area (Å²) in [6, 6.07) is 173. The molecule has 0 amide bonds. The second kappa shape index (κ2) is 39.3.